The SMILES string of the molecule is CC(C1=C(CCN(C)C)Cc2ccccc21)[n+]1ccccc1. The van der Waals surface area contributed by atoms with E-state index in [1.165, 1.54) is 16.7 Å². The van der Waals surface area contributed by atoms with Crippen LogP contribution >= 0.6 is 0 Å². The summed E-state index contributed by atoms with van der Waals surface area (Å²) < 4.78 is 2.31. The lowest BCUT2D eigenvalue weighted by molar-refractivity contribution is -0.706. The molecule has 1 aromatic heterocycles. The van der Waals surface area contributed by atoms with Gasteiger partial charge in [-0.1, -0.05) is 35.9 Å². The normalized spacial score (nSPS) is 15.3. The van der Waals surface area contributed by atoms with Crippen molar-refractivity contribution in [2.45, 2.75) is 25.8 Å². The smallest absolute Gasteiger partial charge is 0.181 e. The first-order chi connectivity index (χ1) is 10.7. The molecule has 2 nitrogen and oxygen atoms in total. The van der Waals surface area contributed by atoms with E-state index in [9.17, 15) is 0 Å². The van der Waals surface area contributed by atoms with Gasteiger partial charge in [0, 0.05) is 31.2 Å². The number of hydrogen-bond acceptors (Lipinski definition) is 1. The molecule has 1 heterocycles. The van der Waals surface area contributed by atoms with E-state index < -0.39 is 0 Å². The molecule has 0 saturated carbocycles. The van der Waals surface area contributed by atoms with Crippen LogP contribution in [0.5, 0.6) is 0 Å². The molecule has 1 aliphatic carbocycles. The lowest BCUT2D eigenvalue weighted by Gasteiger charge is -2.15. The highest BCUT2D eigenvalue weighted by molar-refractivity contribution is 5.77. The minimum Gasteiger partial charge on any atom is -0.309 e. The van der Waals surface area contributed by atoms with Crippen LogP contribution in [0.4, 0.5) is 0 Å². The second-order valence-electron chi connectivity index (χ2n) is 6.40. The Labute approximate surface area is 133 Å². The molecule has 2 aromatic rings. The number of aromatic nitrogens is 1. The Hall–Kier alpha value is -1.93. The molecule has 0 fully saturated rings. The van der Waals surface area contributed by atoms with E-state index in [1.54, 1.807) is 5.57 Å². The summed E-state index contributed by atoms with van der Waals surface area (Å²) in [7, 11) is 4.30. The quantitative estimate of drug-likeness (QED) is 0.765. The van der Waals surface area contributed by atoms with Crippen molar-refractivity contribution in [1.82, 2.24) is 4.90 Å². The number of rotatable bonds is 5. The molecule has 3 rings (SSSR count). The Morgan fingerprint density at radius 3 is 2.50 bits per heavy atom. The molecule has 22 heavy (non-hydrogen) atoms. The van der Waals surface area contributed by atoms with Gasteiger partial charge >= 0.3 is 0 Å². The molecule has 0 aliphatic heterocycles. The second-order valence-corrected chi connectivity index (χ2v) is 6.40. The summed E-state index contributed by atoms with van der Waals surface area (Å²) in [6, 6.07) is 15.6. The molecule has 0 saturated heterocycles. The lowest BCUT2D eigenvalue weighted by atomic mass is 9.97. The maximum atomic E-state index is 2.31. The molecule has 0 amide bonds. The molecular weight excluding hydrogens is 268 g/mol. The zero-order valence-corrected chi connectivity index (χ0v) is 13.8. The van der Waals surface area contributed by atoms with E-state index in [2.05, 4.69) is 85.3 Å². The predicted molar refractivity (Wildman–Crippen MR) is 91.6 cm³/mol. The molecule has 1 atom stereocenters. The average molecular weight is 293 g/mol. The topological polar surface area (TPSA) is 7.12 Å². The monoisotopic (exact) mass is 293 g/mol. The number of fused-ring (bicyclic) bond motifs is 1. The molecule has 114 valence electrons. The summed E-state index contributed by atoms with van der Waals surface area (Å²) in [5, 5.41) is 0. The Morgan fingerprint density at radius 1 is 1.05 bits per heavy atom. The summed E-state index contributed by atoms with van der Waals surface area (Å²) in [6.45, 7) is 3.42. The van der Waals surface area contributed by atoms with Crippen LogP contribution in [0.25, 0.3) is 5.57 Å². The Morgan fingerprint density at radius 2 is 1.77 bits per heavy atom. The van der Waals surface area contributed by atoms with Gasteiger partial charge in [0.2, 0.25) is 0 Å². The highest BCUT2D eigenvalue weighted by Crippen LogP contribution is 2.39. The van der Waals surface area contributed by atoms with Gasteiger partial charge in [0.15, 0.2) is 18.4 Å². The highest BCUT2D eigenvalue weighted by Gasteiger charge is 2.29. The highest BCUT2D eigenvalue weighted by atomic mass is 15.0. The van der Waals surface area contributed by atoms with Gasteiger partial charge in [-0.15, -0.1) is 0 Å². The van der Waals surface area contributed by atoms with Gasteiger partial charge < -0.3 is 4.90 Å². The van der Waals surface area contributed by atoms with Crippen molar-refractivity contribution in [3.05, 3.63) is 71.6 Å². The summed E-state index contributed by atoms with van der Waals surface area (Å²) in [6.07, 6.45) is 6.59. The number of allylic oxidation sites excluding steroid dienone is 1. The van der Waals surface area contributed by atoms with E-state index in [0.717, 1.165) is 19.4 Å². The number of pyridine rings is 1. The van der Waals surface area contributed by atoms with Crippen LogP contribution < -0.4 is 4.57 Å². The minimum absolute atomic E-state index is 0.377. The zero-order valence-electron chi connectivity index (χ0n) is 13.8. The van der Waals surface area contributed by atoms with Gasteiger partial charge in [-0.3, -0.25) is 0 Å². The molecule has 1 aromatic carbocycles. The summed E-state index contributed by atoms with van der Waals surface area (Å²) in [5.41, 5.74) is 6.04. The van der Waals surface area contributed by atoms with E-state index in [-0.39, 0.29) is 0 Å². The van der Waals surface area contributed by atoms with Gasteiger partial charge in [0.05, 0.1) is 0 Å². The molecule has 1 unspecified atom stereocenters. The van der Waals surface area contributed by atoms with E-state index in [0.29, 0.717) is 6.04 Å². The molecule has 0 spiro atoms. The fraction of sp³-hybridized carbons (Fsp3) is 0.350. The van der Waals surface area contributed by atoms with Gasteiger partial charge in [-0.05, 0) is 38.1 Å². The van der Waals surface area contributed by atoms with Crippen molar-refractivity contribution in [2.75, 3.05) is 20.6 Å². The Kier molecular flexibility index (Phi) is 4.39. The first-order valence-electron chi connectivity index (χ1n) is 8.07. The van der Waals surface area contributed by atoms with Gasteiger partial charge in [0.25, 0.3) is 0 Å². The van der Waals surface area contributed by atoms with Gasteiger partial charge in [-0.25, -0.2) is 0 Å². The molecular formula is C20H25N2+. The maximum Gasteiger partial charge on any atom is 0.181 e. The molecule has 0 N–H and O–H groups in total. The third-order valence-electron chi connectivity index (χ3n) is 4.56. The number of nitrogens with zero attached hydrogens (tertiary/aromatic N) is 2. The van der Waals surface area contributed by atoms with Crippen molar-refractivity contribution in [3.63, 3.8) is 0 Å². The lowest BCUT2D eigenvalue weighted by Crippen LogP contribution is -2.37. The van der Waals surface area contributed by atoms with Crippen molar-refractivity contribution in [1.29, 1.82) is 0 Å². The largest absolute Gasteiger partial charge is 0.309 e. The fourth-order valence-electron chi connectivity index (χ4n) is 3.37. The van der Waals surface area contributed by atoms with Crippen LogP contribution in [0.3, 0.4) is 0 Å². The number of hydrogen-bond donors (Lipinski definition) is 0. The molecule has 1 aliphatic rings. The third-order valence-corrected chi connectivity index (χ3v) is 4.56. The third kappa shape index (κ3) is 2.97. The van der Waals surface area contributed by atoms with Crippen LogP contribution in [0.2, 0.25) is 0 Å². The fourth-order valence-corrected chi connectivity index (χ4v) is 3.37. The first kappa shape index (κ1) is 15.0. The summed E-state index contributed by atoms with van der Waals surface area (Å²) in [4.78, 5) is 2.27. The zero-order chi connectivity index (χ0) is 15.5. The second kappa shape index (κ2) is 6.45. The predicted octanol–water partition coefficient (Wildman–Crippen LogP) is 3.50. The van der Waals surface area contributed by atoms with Crippen LogP contribution in [-0.4, -0.2) is 25.5 Å². The Bertz CT molecular complexity index is 671. The van der Waals surface area contributed by atoms with Crippen molar-refractivity contribution in [2.24, 2.45) is 0 Å². The summed E-state index contributed by atoms with van der Waals surface area (Å²) in [5.74, 6) is 0. The van der Waals surface area contributed by atoms with Gasteiger partial charge in [-0.2, -0.15) is 4.57 Å². The average Bonchev–Trinajstić information content (AvgIpc) is 2.91. The van der Waals surface area contributed by atoms with E-state index in [4.69, 9.17) is 0 Å². The molecule has 0 radical (unpaired) electrons. The van der Waals surface area contributed by atoms with Crippen LogP contribution in [0, 0.1) is 0 Å². The van der Waals surface area contributed by atoms with Crippen molar-refractivity contribution >= 4 is 5.57 Å². The van der Waals surface area contributed by atoms with Crippen molar-refractivity contribution < 1.29 is 4.57 Å². The molecule has 0 bridgehead atoms. The van der Waals surface area contributed by atoms with Crippen LogP contribution in [0.1, 0.15) is 30.5 Å². The Balaban J connectivity index is 1.99. The first-order valence-corrected chi connectivity index (χ1v) is 8.07. The standard InChI is InChI=1S/C20H25N2/c1-16(22-12-7-4-8-13-22)20-18(11-14-21(2)3)15-17-9-5-6-10-19(17)20/h4-10,12-13,16H,11,14-15H2,1-3H3/q+1. The van der Waals surface area contributed by atoms with Crippen LogP contribution in [0.15, 0.2) is 60.4 Å². The van der Waals surface area contributed by atoms with Gasteiger partial charge in [0.1, 0.15) is 0 Å². The maximum absolute atomic E-state index is 2.31. The van der Waals surface area contributed by atoms with Crippen molar-refractivity contribution in [3.8, 4) is 0 Å². The minimum atomic E-state index is 0.377. The molecule has 2 heteroatoms. The van der Waals surface area contributed by atoms with E-state index >= 15 is 0 Å². The van der Waals surface area contributed by atoms with E-state index in [1.807, 2.05) is 0 Å². The van der Waals surface area contributed by atoms with Crippen LogP contribution in [-0.2, 0) is 6.42 Å². The number of benzene rings is 1. The summed E-state index contributed by atoms with van der Waals surface area (Å²) >= 11 is 0.